The van der Waals surface area contributed by atoms with E-state index in [4.69, 9.17) is 5.14 Å². The van der Waals surface area contributed by atoms with Gasteiger partial charge in [0.1, 0.15) is 0 Å². The molecule has 5 nitrogen and oxygen atoms in total. The molecule has 0 saturated carbocycles. The number of unbranched alkanes of at least 4 members (excludes halogenated alkanes) is 1. The van der Waals surface area contributed by atoms with Crippen molar-refractivity contribution < 1.29 is 13.2 Å². The Hall–Kier alpha value is -1.05. The number of primary sulfonamides is 1. The fourth-order valence-corrected chi connectivity index (χ4v) is 3.38. The van der Waals surface area contributed by atoms with Gasteiger partial charge in [0.15, 0.2) is 0 Å². The lowest BCUT2D eigenvalue weighted by atomic mass is 10.1. The molecule has 2 unspecified atom stereocenters. The lowest BCUT2D eigenvalue weighted by molar-refractivity contribution is -0.120. The second kappa shape index (κ2) is 8.55. The van der Waals surface area contributed by atoms with E-state index in [1.165, 1.54) is 12.1 Å². The van der Waals surface area contributed by atoms with E-state index in [2.05, 4.69) is 12.2 Å². The number of hydrogen-bond donors (Lipinski definition) is 2. The van der Waals surface area contributed by atoms with E-state index in [0.29, 0.717) is 0 Å². The van der Waals surface area contributed by atoms with Crippen molar-refractivity contribution in [2.45, 2.75) is 49.8 Å². The van der Waals surface area contributed by atoms with E-state index < -0.39 is 10.0 Å². The summed E-state index contributed by atoms with van der Waals surface area (Å²) >= 11 is 1.64. The average Bonchev–Trinajstić information content (AvgIpc) is 2.46. The smallest absolute Gasteiger partial charge is 0.238 e. The third kappa shape index (κ3) is 5.98. The first-order valence-electron chi connectivity index (χ1n) is 7.30. The van der Waals surface area contributed by atoms with E-state index in [9.17, 15) is 13.2 Å². The first-order valence-corrected chi connectivity index (χ1v) is 9.90. The van der Waals surface area contributed by atoms with Crippen LogP contribution in [0.3, 0.4) is 0 Å². The van der Waals surface area contributed by atoms with Gasteiger partial charge in [-0.2, -0.15) is 0 Å². The van der Waals surface area contributed by atoms with Gasteiger partial charge >= 0.3 is 0 Å². The van der Waals surface area contributed by atoms with Crippen LogP contribution in [0.15, 0.2) is 29.2 Å². The normalized spacial score (nSPS) is 14.4. The van der Waals surface area contributed by atoms with Crippen LogP contribution in [0.1, 0.15) is 45.2 Å². The largest absolute Gasteiger partial charge is 0.349 e. The van der Waals surface area contributed by atoms with E-state index in [1.54, 1.807) is 23.9 Å². The summed E-state index contributed by atoms with van der Waals surface area (Å²) in [6.07, 6.45) is 2.22. The third-order valence-electron chi connectivity index (χ3n) is 3.30. The number of thioether (sulfide) groups is 1. The lowest BCUT2D eigenvalue weighted by Crippen LogP contribution is -2.33. The highest BCUT2D eigenvalue weighted by atomic mass is 32.2. The standard InChI is InChI=1S/C15H24N2O3S2/c1-4-5-10-21-12(3)15(18)17-11(2)13-6-8-14(9-7-13)22(16,19)20/h6-9,11-12H,4-5,10H2,1-3H3,(H,17,18)(H2,16,19,20). The molecular weight excluding hydrogens is 320 g/mol. The Morgan fingerprint density at radius 1 is 1.27 bits per heavy atom. The number of hydrogen-bond acceptors (Lipinski definition) is 4. The van der Waals surface area contributed by atoms with Gasteiger partial charge in [-0.1, -0.05) is 25.5 Å². The number of amides is 1. The topological polar surface area (TPSA) is 89.3 Å². The highest BCUT2D eigenvalue weighted by Crippen LogP contribution is 2.18. The predicted octanol–water partition coefficient (Wildman–Crippen LogP) is 2.43. The van der Waals surface area contributed by atoms with Gasteiger partial charge in [0.05, 0.1) is 16.2 Å². The number of nitrogens with two attached hydrogens (primary N) is 1. The zero-order chi connectivity index (χ0) is 16.8. The summed E-state index contributed by atoms with van der Waals surface area (Å²) in [5.74, 6) is 0.965. The SMILES string of the molecule is CCCCSC(C)C(=O)NC(C)c1ccc(S(N)(=O)=O)cc1. The van der Waals surface area contributed by atoms with Crippen molar-refractivity contribution in [2.75, 3.05) is 5.75 Å². The Morgan fingerprint density at radius 2 is 1.86 bits per heavy atom. The van der Waals surface area contributed by atoms with Gasteiger partial charge in [0, 0.05) is 0 Å². The van der Waals surface area contributed by atoms with E-state index in [-0.39, 0.29) is 22.1 Å². The van der Waals surface area contributed by atoms with Crippen LogP contribution in [0.25, 0.3) is 0 Å². The number of benzene rings is 1. The van der Waals surface area contributed by atoms with Gasteiger partial charge in [0.25, 0.3) is 0 Å². The molecule has 0 bridgehead atoms. The van der Waals surface area contributed by atoms with Crippen molar-refractivity contribution in [3.8, 4) is 0 Å². The van der Waals surface area contributed by atoms with Crippen molar-refractivity contribution in [2.24, 2.45) is 5.14 Å². The van der Waals surface area contributed by atoms with Crippen LogP contribution < -0.4 is 10.5 Å². The summed E-state index contributed by atoms with van der Waals surface area (Å²) in [4.78, 5) is 12.2. The minimum atomic E-state index is -3.69. The molecule has 3 N–H and O–H groups in total. The zero-order valence-corrected chi connectivity index (χ0v) is 14.8. The molecule has 2 atom stereocenters. The molecule has 0 aliphatic heterocycles. The maximum absolute atomic E-state index is 12.1. The Bertz CT molecular complexity index is 585. The van der Waals surface area contributed by atoms with E-state index in [0.717, 1.165) is 24.2 Å². The van der Waals surface area contributed by atoms with Crippen molar-refractivity contribution in [3.05, 3.63) is 29.8 Å². The van der Waals surface area contributed by atoms with Crippen molar-refractivity contribution >= 4 is 27.7 Å². The second-order valence-corrected chi connectivity index (χ2v) is 8.22. The summed E-state index contributed by atoms with van der Waals surface area (Å²) in [6.45, 7) is 5.89. The number of carbonyl (C=O) groups is 1. The number of nitrogens with one attached hydrogen (secondary N) is 1. The Labute approximate surface area is 137 Å². The first-order chi connectivity index (χ1) is 10.3. The maximum Gasteiger partial charge on any atom is 0.238 e. The molecule has 22 heavy (non-hydrogen) atoms. The van der Waals surface area contributed by atoms with Gasteiger partial charge in [-0.05, 0) is 43.7 Å². The van der Waals surface area contributed by atoms with Crippen LogP contribution in [0.2, 0.25) is 0 Å². The molecule has 0 saturated heterocycles. The zero-order valence-electron chi connectivity index (χ0n) is 13.2. The fraction of sp³-hybridized carbons (Fsp3) is 0.533. The molecule has 0 radical (unpaired) electrons. The van der Waals surface area contributed by atoms with Crippen LogP contribution in [-0.4, -0.2) is 25.3 Å². The Balaban J connectivity index is 2.61. The van der Waals surface area contributed by atoms with Crippen LogP contribution in [0, 0.1) is 0 Å². The Kier molecular flexibility index (Phi) is 7.38. The number of carbonyl (C=O) groups excluding carboxylic acids is 1. The molecule has 7 heteroatoms. The molecule has 1 aromatic carbocycles. The molecule has 1 amide bonds. The van der Waals surface area contributed by atoms with Crippen molar-refractivity contribution in [1.29, 1.82) is 0 Å². The van der Waals surface area contributed by atoms with E-state index >= 15 is 0 Å². The fourth-order valence-electron chi connectivity index (χ4n) is 1.84. The van der Waals surface area contributed by atoms with Crippen molar-refractivity contribution in [3.63, 3.8) is 0 Å². The summed E-state index contributed by atoms with van der Waals surface area (Å²) in [6, 6.07) is 6.05. The highest BCUT2D eigenvalue weighted by Gasteiger charge is 2.17. The quantitative estimate of drug-likeness (QED) is 0.709. The summed E-state index contributed by atoms with van der Waals surface area (Å²) < 4.78 is 22.4. The average molecular weight is 345 g/mol. The van der Waals surface area contributed by atoms with Gasteiger partial charge in [-0.15, -0.1) is 11.8 Å². The molecular formula is C15H24N2O3S2. The summed E-state index contributed by atoms with van der Waals surface area (Å²) in [7, 11) is -3.69. The lowest BCUT2D eigenvalue weighted by Gasteiger charge is -2.18. The maximum atomic E-state index is 12.1. The van der Waals surface area contributed by atoms with Crippen LogP contribution >= 0.6 is 11.8 Å². The molecule has 124 valence electrons. The monoisotopic (exact) mass is 344 g/mol. The molecule has 0 aromatic heterocycles. The molecule has 0 heterocycles. The number of sulfonamides is 1. The van der Waals surface area contributed by atoms with Crippen LogP contribution in [-0.2, 0) is 14.8 Å². The minimum absolute atomic E-state index is 0.0101. The van der Waals surface area contributed by atoms with Gasteiger partial charge < -0.3 is 5.32 Å². The van der Waals surface area contributed by atoms with Crippen LogP contribution in [0.5, 0.6) is 0 Å². The minimum Gasteiger partial charge on any atom is -0.349 e. The third-order valence-corrected chi connectivity index (χ3v) is 5.47. The molecule has 0 fully saturated rings. The summed E-state index contributed by atoms with van der Waals surface area (Å²) in [5, 5.41) is 7.90. The Morgan fingerprint density at radius 3 is 2.36 bits per heavy atom. The molecule has 0 aliphatic carbocycles. The van der Waals surface area contributed by atoms with Gasteiger partial charge in [-0.25, -0.2) is 13.6 Å². The molecule has 0 aliphatic rings. The van der Waals surface area contributed by atoms with Crippen molar-refractivity contribution in [1.82, 2.24) is 5.32 Å². The second-order valence-electron chi connectivity index (χ2n) is 5.21. The predicted molar refractivity (Wildman–Crippen MR) is 91.2 cm³/mol. The summed E-state index contributed by atoms with van der Waals surface area (Å²) in [5.41, 5.74) is 0.839. The highest BCUT2D eigenvalue weighted by molar-refractivity contribution is 8.00. The molecule has 1 aromatic rings. The van der Waals surface area contributed by atoms with E-state index in [1.807, 2.05) is 13.8 Å². The molecule has 0 spiro atoms. The van der Waals surface area contributed by atoms with Gasteiger partial charge in [0.2, 0.25) is 15.9 Å². The number of rotatable bonds is 8. The molecule has 1 rings (SSSR count). The van der Waals surface area contributed by atoms with Crippen LogP contribution in [0.4, 0.5) is 0 Å². The first kappa shape index (κ1) is 19.0. The van der Waals surface area contributed by atoms with Gasteiger partial charge in [-0.3, -0.25) is 4.79 Å².